The second-order valence-corrected chi connectivity index (χ2v) is 2.82. The summed E-state index contributed by atoms with van der Waals surface area (Å²) in [6.07, 6.45) is 4.67. The molecule has 0 radical (unpaired) electrons. The minimum absolute atomic E-state index is 0.636. The summed E-state index contributed by atoms with van der Waals surface area (Å²) in [6, 6.07) is 9.19. The van der Waals surface area contributed by atoms with E-state index in [1.54, 1.807) is 18.3 Å². The molecule has 0 aliphatic heterocycles. The molecule has 5 heteroatoms. The summed E-state index contributed by atoms with van der Waals surface area (Å²) in [4.78, 5) is 0. The van der Waals surface area contributed by atoms with Crippen LogP contribution in [0.5, 0.6) is 0 Å². The van der Waals surface area contributed by atoms with Crippen LogP contribution in [0.1, 0.15) is 11.1 Å². The Morgan fingerprint density at radius 1 is 1.20 bits per heavy atom. The first kappa shape index (κ1) is 9.09. The number of hydrogen-bond donors (Lipinski definition) is 0. The van der Waals surface area contributed by atoms with Crippen molar-refractivity contribution in [2.45, 2.75) is 0 Å². The maximum Gasteiger partial charge on any atom is 0.141 e. The third-order valence-electron chi connectivity index (χ3n) is 1.79. The monoisotopic (exact) mass is 197 g/mol. The molecule has 0 N–H and O–H groups in total. The Morgan fingerprint density at radius 3 is 2.47 bits per heavy atom. The molecule has 2 rings (SSSR count). The van der Waals surface area contributed by atoms with Crippen LogP contribution in [0.3, 0.4) is 0 Å². The van der Waals surface area contributed by atoms with E-state index in [-0.39, 0.29) is 0 Å². The quantitative estimate of drug-likeness (QED) is 0.675. The van der Waals surface area contributed by atoms with Gasteiger partial charge in [0.05, 0.1) is 17.8 Å². The molecule has 0 aliphatic rings. The number of hydrogen-bond acceptors (Lipinski definition) is 4. The fraction of sp³-hybridized carbons (Fsp3) is 0. The molecular weight excluding hydrogens is 190 g/mol. The number of rotatable bonds is 2. The topological polar surface area (TPSA) is 66.9 Å². The van der Waals surface area contributed by atoms with Crippen LogP contribution >= 0.6 is 0 Å². The van der Waals surface area contributed by atoms with Crippen molar-refractivity contribution in [3.8, 4) is 6.07 Å². The van der Waals surface area contributed by atoms with Crippen molar-refractivity contribution in [2.24, 2.45) is 5.10 Å². The second-order valence-electron chi connectivity index (χ2n) is 2.82. The average Bonchev–Trinajstić information content (AvgIpc) is 2.80. The van der Waals surface area contributed by atoms with Gasteiger partial charge >= 0.3 is 0 Å². The molecule has 2 aromatic rings. The molecular formula is C10H7N5. The summed E-state index contributed by atoms with van der Waals surface area (Å²) >= 11 is 0. The minimum Gasteiger partial charge on any atom is -0.208 e. The van der Waals surface area contributed by atoms with E-state index in [1.165, 1.54) is 17.3 Å². The van der Waals surface area contributed by atoms with Gasteiger partial charge in [0.25, 0.3) is 0 Å². The van der Waals surface area contributed by atoms with Gasteiger partial charge in [-0.3, -0.25) is 0 Å². The van der Waals surface area contributed by atoms with Crippen LogP contribution in [0.25, 0.3) is 0 Å². The highest BCUT2D eigenvalue weighted by molar-refractivity contribution is 5.79. The predicted molar refractivity (Wildman–Crippen MR) is 54.2 cm³/mol. The zero-order chi connectivity index (χ0) is 10.5. The highest BCUT2D eigenvalue weighted by atomic mass is 15.4. The predicted octanol–water partition coefficient (Wildman–Crippen LogP) is 1.03. The van der Waals surface area contributed by atoms with Gasteiger partial charge in [-0.25, -0.2) is 4.68 Å². The van der Waals surface area contributed by atoms with Crippen molar-refractivity contribution in [2.75, 3.05) is 0 Å². The van der Waals surface area contributed by atoms with E-state index < -0.39 is 0 Å². The van der Waals surface area contributed by atoms with E-state index in [4.69, 9.17) is 5.26 Å². The Hall–Kier alpha value is -2.48. The molecule has 1 aromatic carbocycles. The fourth-order valence-corrected chi connectivity index (χ4v) is 1.03. The van der Waals surface area contributed by atoms with Crippen LogP contribution in [0, 0.1) is 11.3 Å². The van der Waals surface area contributed by atoms with Crippen molar-refractivity contribution in [1.29, 1.82) is 5.26 Å². The van der Waals surface area contributed by atoms with Gasteiger partial charge in [-0.15, -0.1) is 10.2 Å². The van der Waals surface area contributed by atoms with E-state index in [0.29, 0.717) is 5.56 Å². The maximum atomic E-state index is 8.60. The molecule has 0 saturated heterocycles. The van der Waals surface area contributed by atoms with Crippen LogP contribution in [0.4, 0.5) is 0 Å². The lowest BCUT2D eigenvalue weighted by Gasteiger charge is -1.92. The number of aromatic nitrogens is 3. The first-order valence-corrected chi connectivity index (χ1v) is 4.27. The number of nitriles is 1. The number of benzene rings is 1. The smallest absolute Gasteiger partial charge is 0.141 e. The van der Waals surface area contributed by atoms with Gasteiger partial charge in [-0.1, -0.05) is 12.1 Å². The third kappa shape index (κ3) is 2.25. The Labute approximate surface area is 86.3 Å². The zero-order valence-corrected chi connectivity index (χ0v) is 7.78. The summed E-state index contributed by atoms with van der Waals surface area (Å²) in [5, 5.41) is 19.9. The van der Waals surface area contributed by atoms with Crippen molar-refractivity contribution in [3.63, 3.8) is 0 Å². The lowest BCUT2D eigenvalue weighted by molar-refractivity contribution is 0.878. The molecule has 0 bridgehead atoms. The van der Waals surface area contributed by atoms with Crippen molar-refractivity contribution < 1.29 is 0 Å². The molecule has 0 aliphatic carbocycles. The average molecular weight is 197 g/mol. The van der Waals surface area contributed by atoms with Gasteiger partial charge in [0.1, 0.15) is 12.7 Å². The molecule has 1 aromatic heterocycles. The first-order chi connectivity index (χ1) is 7.38. The summed E-state index contributed by atoms with van der Waals surface area (Å²) in [5.41, 5.74) is 1.55. The molecule has 0 amide bonds. The van der Waals surface area contributed by atoms with Crippen molar-refractivity contribution >= 4 is 6.21 Å². The minimum atomic E-state index is 0.636. The Kier molecular flexibility index (Phi) is 2.52. The van der Waals surface area contributed by atoms with Gasteiger partial charge < -0.3 is 0 Å². The SMILES string of the molecule is N#Cc1ccc(/C=N/n2cnnc2)cc1. The molecule has 0 spiro atoms. The molecule has 0 atom stereocenters. The van der Waals surface area contributed by atoms with E-state index in [1.807, 2.05) is 12.1 Å². The van der Waals surface area contributed by atoms with E-state index in [0.717, 1.165) is 5.56 Å². The van der Waals surface area contributed by atoms with Crippen LogP contribution in [-0.4, -0.2) is 21.1 Å². The maximum absolute atomic E-state index is 8.60. The van der Waals surface area contributed by atoms with Gasteiger partial charge in [-0.2, -0.15) is 10.4 Å². The highest BCUT2D eigenvalue weighted by Gasteiger charge is 1.90. The van der Waals surface area contributed by atoms with Gasteiger partial charge in [0, 0.05) is 0 Å². The Morgan fingerprint density at radius 2 is 1.87 bits per heavy atom. The van der Waals surface area contributed by atoms with Gasteiger partial charge in [0.2, 0.25) is 0 Å². The third-order valence-corrected chi connectivity index (χ3v) is 1.79. The Balaban J connectivity index is 2.15. The van der Waals surface area contributed by atoms with E-state index >= 15 is 0 Å². The molecule has 5 nitrogen and oxygen atoms in total. The lowest BCUT2D eigenvalue weighted by atomic mass is 10.2. The van der Waals surface area contributed by atoms with Gasteiger partial charge in [0.15, 0.2) is 0 Å². The van der Waals surface area contributed by atoms with Crippen LogP contribution in [-0.2, 0) is 0 Å². The first-order valence-electron chi connectivity index (χ1n) is 4.27. The molecule has 0 unspecified atom stereocenters. The second kappa shape index (κ2) is 4.15. The number of nitrogens with zero attached hydrogens (tertiary/aromatic N) is 5. The summed E-state index contributed by atoms with van der Waals surface area (Å²) in [7, 11) is 0. The molecule has 1 heterocycles. The summed E-state index contributed by atoms with van der Waals surface area (Å²) in [6.45, 7) is 0. The fourth-order valence-electron chi connectivity index (χ4n) is 1.03. The summed E-state index contributed by atoms with van der Waals surface area (Å²) in [5.74, 6) is 0. The Bertz CT molecular complexity index is 490. The van der Waals surface area contributed by atoms with Crippen molar-refractivity contribution in [3.05, 3.63) is 48.0 Å². The molecule has 0 saturated carbocycles. The highest BCUT2D eigenvalue weighted by Crippen LogP contribution is 2.00. The van der Waals surface area contributed by atoms with Gasteiger partial charge in [-0.05, 0) is 17.7 Å². The molecule has 72 valence electrons. The largest absolute Gasteiger partial charge is 0.208 e. The van der Waals surface area contributed by atoms with E-state index in [9.17, 15) is 0 Å². The normalized spacial score (nSPS) is 10.3. The summed E-state index contributed by atoms with van der Waals surface area (Å²) < 4.78 is 1.50. The molecule has 0 fully saturated rings. The lowest BCUT2D eigenvalue weighted by Crippen LogP contribution is -1.87. The van der Waals surface area contributed by atoms with Crippen molar-refractivity contribution in [1.82, 2.24) is 14.9 Å². The van der Waals surface area contributed by atoms with Crippen LogP contribution in [0.2, 0.25) is 0 Å². The molecule has 15 heavy (non-hydrogen) atoms. The van der Waals surface area contributed by atoms with Crippen LogP contribution in [0.15, 0.2) is 42.0 Å². The standard InChI is InChI=1S/C10H7N5/c11-5-9-1-3-10(4-2-9)6-14-15-7-12-13-8-15/h1-4,6-8H/b14-6+. The van der Waals surface area contributed by atoms with E-state index in [2.05, 4.69) is 21.4 Å². The zero-order valence-electron chi connectivity index (χ0n) is 7.78. The van der Waals surface area contributed by atoms with Crippen LogP contribution < -0.4 is 0 Å².